The van der Waals surface area contributed by atoms with Crippen LogP contribution >= 0.6 is 0 Å². The van der Waals surface area contributed by atoms with Gasteiger partial charge >= 0.3 is 0 Å². The maximum Gasteiger partial charge on any atom is 0.255 e. The van der Waals surface area contributed by atoms with Crippen LogP contribution in [0.1, 0.15) is 46.9 Å². The van der Waals surface area contributed by atoms with Crippen molar-refractivity contribution in [1.82, 2.24) is 15.2 Å². The SMILES string of the molecule is O=C(c1cccnc1)N1CCC(NCCC(c2ccc(F)cc2)c2ccco2)CC1. The van der Waals surface area contributed by atoms with Crippen LogP contribution in [0.4, 0.5) is 4.39 Å². The molecule has 4 rings (SSSR count). The lowest BCUT2D eigenvalue weighted by Crippen LogP contribution is -2.45. The van der Waals surface area contributed by atoms with Gasteiger partial charge in [0.05, 0.1) is 11.8 Å². The molecule has 0 saturated carbocycles. The summed E-state index contributed by atoms with van der Waals surface area (Å²) in [5, 5.41) is 3.63. The van der Waals surface area contributed by atoms with Gasteiger partial charge in [0.2, 0.25) is 0 Å². The first-order valence-corrected chi connectivity index (χ1v) is 10.4. The molecule has 5 nitrogen and oxygen atoms in total. The molecule has 1 saturated heterocycles. The minimum absolute atomic E-state index is 0.0516. The fourth-order valence-electron chi connectivity index (χ4n) is 4.05. The topological polar surface area (TPSA) is 58.4 Å². The van der Waals surface area contributed by atoms with Crippen molar-refractivity contribution >= 4 is 5.91 Å². The number of hydrogen-bond donors (Lipinski definition) is 1. The average molecular weight is 407 g/mol. The molecule has 0 aliphatic carbocycles. The van der Waals surface area contributed by atoms with Gasteiger partial charge in [0, 0.05) is 37.4 Å². The molecular formula is C24H26FN3O2. The molecule has 6 heteroatoms. The van der Waals surface area contributed by atoms with Crippen molar-refractivity contribution in [2.24, 2.45) is 0 Å². The number of furan rings is 1. The zero-order chi connectivity index (χ0) is 20.8. The molecule has 0 radical (unpaired) electrons. The van der Waals surface area contributed by atoms with E-state index < -0.39 is 0 Å². The molecule has 1 aliphatic rings. The van der Waals surface area contributed by atoms with Gasteiger partial charge in [-0.1, -0.05) is 12.1 Å². The summed E-state index contributed by atoms with van der Waals surface area (Å²) in [5.74, 6) is 0.791. The number of nitrogens with one attached hydrogen (secondary N) is 1. The molecule has 1 aromatic carbocycles. The van der Waals surface area contributed by atoms with Crippen molar-refractivity contribution in [3.8, 4) is 0 Å². The van der Waals surface area contributed by atoms with Gasteiger partial charge in [0.25, 0.3) is 5.91 Å². The Labute approximate surface area is 175 Å². The van der Waals surface area contributed by atoms with Crippen molar-refractivity contribution in [3.05, 3.63) is 89.9 Å². The fourth-order valence-corrected chi connectivity index (χ4v) is 4.05. The number of piperidine rings is 1. The third kappa shape index (κ3) is 4.94. The van der Waals surface area contributed by atoms with Crippen molar-refractivity contribution in [2.75, 3.05) is 19.6 Å². The van der Waals surface area contributed by atoms with E-state index in [0.717, 1.165) is 50.2 Å². The van der Waals surface area contributed by atoms with Gasteiger partial charge in [0.1, 0.15) is 11.6 Å². The Bertz CT molecular complexity index is 921. The van der Waals surface area contributed by atoms with Gasteiger partial charge in [-0.2, -0.15) is 0 Å². The molecule has 1 amide bonds. The number of nitrogens with zero attached hydrogens (tertiary/aromatic N) is 2. The average Bonchev–Trinajstić information content (AvgIpc) is 3.33. The van der Waals surface area contributed by atoms with Crippen LogP contribution in [0.3, 0.4) is 0 Å². The Hall–Kier alpha value is -2.99. The van der Waals surface area contributed by atoms with Crippen LogP contribution in [-0.4, -0.2) is 41.5 Å². The smallest absolute Gasteiger partial charge is 0.255 e. The predicted molar refractivity (Wildman–Crippen MR) is 113 cm³/mol. The minimum atomic E-state index is -0.234. The van der Waals surface area contributed by atoms with Gasteiger partial charge in [0.15, 0.2) is 0 Å². The molecule has 0 bridgehead atoms. The van der Waals surface area contributed by atoms with Crippen molar-refractivity contribution in [2.45, 2.75) is 31.2 Å². The molecule has 30 heavy (non-hydrogen) atoms. The summed E-state index contributed by atoms with van der Waals surface area (Å²) < 4.78 is 19.0. The number of pyridine rings is 1. The van der Waals surface area contributed by atoms with E-state index in [4.69, 9.17) is 4.42 Å². The summed E-state index contributed by atoms with van der Waals surface area (Å²) in [6.07, 6.45) is 7.68. The standard InChI is InChI=1S/C24H26FN3O2/c25-20-7-5-18(6-8-20)22(23-4-2-16-30-23)9-13-27-21-10-14-28(15-11-21)24(29)19-3-1-12-26-17-19/h1-8,12,16-17,21-22,27H,9-11,13-15H2. The molecule has 3 aromatic rings. The number of carbonyl (C=O) groups excluding carboxylic acids is 1. The first-order valence-electron chi connectivity index (χ1n) is 10.4. The van der Waals surface area contributed by atoms with E-state index in [1.165, 1.54) is 12.1 Å². The summed E-state index contributed by atoms with van der Waals surface area (Å²) in [5.41, 5.74) is 1.69. The third-order valence-corrected chi connectivity index (χ3v) is 5.72. The van der Waals surface area contributed by atoms with Crippen molar-refractivity contribution < 1.29 is 13.6 Å². The summed E-state index contributed by atoms with van der Waals surface area (Å²) in [7, 11) is 0. The van der Waals surface area contributed by atoms with Crippen LogP contribution in [-0.2, 0) is 0 Å². The molecule has 0 spiro atoms. The Balaban J connectivity index is 1.28. The number of benzene rings is 1. The molecular weight excluding hydrogens is 381 g/mol. The number of carbonyl (C=O) groups is 1. The zero-order valence-corrected chi connectivity index (χ0v) is 16.8. The number of halogens is 1. The first kappa shape index (κ1) is 20.3. The maximum absolute atomic E-state index is 13.3. The lowest BCUT2D eigenvalue weighted by Gasteiger charge is -2.32. The number of rotatable bonds is 7. The predicted octanol–water partition coefficient (Wildman–Crippen LogP) is 4.23. The minimum Gasteiger partial charge on any atom is -0.469 e. The number of amides is 1. The highest BCUT2D eigenvalue weighted by Crippen LogP contribution is 2.28. The normalized spacial score (nSPS) is 15.8. The first-order chi connectivity index (χ1) is 14.7. The molecule has 1 unspecified atom stereocenters. The summed E-state index contributed by atoms with van der Waals surface area (Å²) in [6, 6.07) is 14.5. The number of likely N-dealkylation sites (tertiary alicyclic amines) is 1. The quantitative estimate of drug-likeness (QED) is 0.637. The van der Waals surface area contributed by atoms with Crippen LogP contribution in [0.25, 0.3) is 0 Å². The van der Waals surface area contributed by atoms with Crippen LogP contribution in [0.2, 0.25) is 0 Å². The van der Waals surface area contributed by atoms with Crippen molar-refractivity contribution in [3.63, 3.8) is 0 Å². The molecule has 3 heterocycles. The van der Waals surface area contributed by atoms with E-state index in [2.05, 4.69) is 10.3 Å². The molecule has 2 aromatic heterocycles. The van der Waals surface area contributed by atoms with E-state index in [-0.39, 0.29) is 17.6 Å². The van der Waals surface area contributed by atoms with E-state index in [1.54, 1.807) is 24.7 Å². The zero-order valence-electron chi connectivity index (χ0n) is 16.8. The second-order valence-electron chi connectivity index (χ2n) is 7.67. The molecule has 1 fully saturated rings. The highest BCUT2D eigenvalue weighted by atomic mass is 19.1. The van der Waals surface area contributed by atoms with Gasteiger partial charge in [-0.05, 0) is 67.8 Å². The molecule has 1 N–H and O–H groups in total. The highest BCUT2D eigenvalue weighted by Gasteiger charge is 2.24. The Morgan fingerprint density at radius 3 is 2.63 bits per heavy atom. The van der Waals surface area contributed by atoms with E-state index in [1.807, 2.05) is 35.2 Å². The van der Waals surface area contributed by atoms with Crippen LogP contribution in [0.5, 0.6) is 0 Å². The summed E-state index contributed by atoms with van der Waals surface area (Å²) in [6.45, 7) is 2.31. The maximum atomic E-state index is 13.3. The fraction of sp³-hybridized carbons (Fsp3) is 0.333. The van der Waals surface area contributed by atoms with Crippen LogP contribution in [0, 0.1) is 5.82 Å². The van der Waals surface area contributed by atoms with E-state index in [9.17, 15) is 9.18 Å². The van der Waals surface area contributed by atoms with E-state index >= 15 is 0 Å². The second kappa shape index (κ2) is 9.67. The van der Waals surface area contributed by atoms with Gasteiger partial charge in [-0.3, -0.25) is 9.78 Å². The Morgan fingerprint density at radius 2 is 1.97 bits per heavy atom. The monoisotopic (exact) mass is 407 g/mol. The Kier molecular flexibility index (Phi) is 6.54. The summed E-state index contributed by atoms with van der Waals surface area (Å²) in [4.78, 5) is 18.5. The second-order valence-corrected chi connectivity index (χ2v) is 7.67. The third-order valence-electron chi connectivity index (χ3n) is 5.72. The van der Waals surface area contributed by atoms with Crippen LogP contribution in [0.15, 0.2) is 71.6 Å². The number of hydrogen-bond acceptors (Lipinski definition) is 4. The molecule has 1 aliphatic heterocycles. The lowest BCUT2D eigenvalue weighted by molar-refractivity contribution is 0.0704. The largest absolute Gasteiger partial charge is 0.469 e. The molecule has 1 atom stereocenters. The van der Waals surface area contributed by atoms with Gasteiger partial charge in [-0.15, -0.1) is 0 Å². The van der Waals surface area contributed by atoms with Crippen molar-refractivity contribution in [1.29, 1.82) is 0 Å². The molecule has 156 valence electrons. The van der Waals surface area contributed by atoms with Crippen LogP contribution < -0.4 is 5.32 Å². The summed E-state index contributed by atoms with van der Waals surface area (Å²) >= 11 is 0. The van der Waals surface area contributed by atoms with E-state index in [0.29, 0.717) is 11.6 Å². The van der Waals surface area contributed by atoms with Gasteiger partial charge in [-0.25, -0.2) is 4.39 Å². The lowest BCUT2D eigenvalue weighted by atomic mass is 9.93. The highest BCUT2D eigenvalue weighted by molar-refractivity contribution is 5.93. The number of aromatic nitrogens is 1. The van der Waals surface area contributed by atoms with Gasteiger partial charge < -0.3 is 14.6 Å². The Morgan fingerprint density at radius 1 is 1.17 bits per heavy atom.